The van der Waals surface area contributed by atoms with Gasteiger partial charge in [-0.3, -0.25) is 4.79 Å². The zero-order valence-electron chi connectivity index (χ0n) is 11.4. The summed E-state index contributed by atoms with van der Waals surface area (Å²) in [6.45, 7) is 6.17. The second-order valence-electron chi connectivity index (χ2n) is 4.75. The SMILES string of the molecule is Cc1cccc(C)c1NC(=O)CC1COCCN1.Cl. The van der Waals surface area contributed by atoms with Gasteiger partial charge in [0.1, 0.15) is 0 Å². The van der Waals surface area contributed by atoms with Gasteiger partial charge in [-0.05, 0) is 25.0 Å². The Labute approximate surface area is 120 Å². The van der Waals surface area contributed by atoms with E-state index in [9.17, 15) is 4.79 Å². The van der Waals surface area contributed by atoms with Crippen molar-refractivity contribution in [2.24, 2.45) is 0 Å². The third-order valence-electron chi connectivity index (χ3n) is 3.18. The van der Waals surface area contributed by atoms with E-state index in [2.05, 4.69) is 10.6 Å². The largest absolute Gasteiger partial charge is 0.378 e. The summed E-state index contributed by atoms with van der Waals surface area (Å²) < 4.78 is 5.34. The van der Waals surface area contributed by atoms with E-state index in [0.29, 0.717) is 13.0 Å². The van der Waals surface area contributed by atoms with Gasteiger partial charge in [-0.2, -0.15) is 0 Å². The van der Waals surface area contributed by atoms with Crippen molar-refractivity contribution in [1.29, 1.82) is 0 Å². The summed E-state index contributed by atoms with van der Waals surface area (Å²) in [6, 6.07) is 6.13. The van der Waals surface area contributed by atoms with Crippen molar-refractivity contribution in [3.05, 3.63) is 29.3 Å². The van der Waals surface area contributed by atoms with E-state index in [0.717, 1.165) is 30.0 Å². The van der Waals surface area contributed by atoms with E-state index < -0.39 is 0 Å². The lowest BCUT2D eigenvalue weighted by atomic mass is 10.1. The first-order chi connectivity index (χ1) is 8.66. The topological polar surface area (TPSA) is 50.4 Å². The van der Waals surface area contributed by atoms with Gasteiger partial charge in [0, 0.05) is 24.7 Å². The number of morpholine rings is 1. The van der Waals surface area contributed by atoms with Crippen LogP contribution >= 0.6 is 12.4 Å². The van der Waals surface area contributed by atoms with Crippen LogP contribution in [0.2, 0.25) is 0 Å². The van der Waals surface area contributed by atoms with E-state index in [1.807, 2.05) is 32.0 Å². The molecule has 106 valence electrons. The summed E-state index contributed by atoms with van der Waals surface area (Å²) in [5, 5.41) is 6.27. The molecule has 1 unspecified atom stereocenters. The van der Waals surface area contributed by atoms with Crippen LogP contribution in [0.5, 0.6) is 0 Å². The van der Waals surface area contributed by atoms with Gasteiger partial charge in [-0.1, -0.05) is 18.2 Å². The van der Waals surface area contributed by atoms with Crippen molar-refractivity contribution < 1.29 is 9.53 Å². The summed E-state index contributed by atoms with van der Waals surface area (Å²) in [7, 11) is 0. The molecule has 0 spiro atoms. The maximum Gasteiger partial charge on any atom is 0.226 e. The molecule has 1 aromatic rings. The smallest absolute Gasteiger partial charge is 0.226 e. The number of ether oxygens (including phenoxy) is 1. The quantitative estimate of drug-likeness (QED) is 0.893. The molecular weight excluding hydrogens is 264 g/mol. The van der Waals surface area contributed by atoms with Gasteiger partial charge in [-0.25, -0.2) is 0 Å². The molecule has 0 aliphatic carbocycles. The molecule has 1 saturated heterocycles. The number of hydrogen-bond acceptors (Lipinski definition) is 3. The van der Waals surface area contributed by atoms with E-state index in [1.54, 1.807) is 0 Å². The van der Waals surface area contributed by atoms with Gasteiger partial charge in [0.05, 0.1) is 13.2 Å². The Hall–Kier alpha value is -1.10. The maximum atomic E-state index is 12.0. The highest BCUT2D eigenvalue weighted by atomic mass is 35.5. The Balaban J connectivity index is 0.00000180. The first-order valence-electron chi connectivity index (χ1n) is 6.34. The van der Waals surface area contributed by atoms with Crippen molar-refractivity contribution in [2.45, 2.75) is 26.3 Å². The zero-order valence-corrected chi connectivity index (χ0v) is 12.2. The zero-order chi connectivity index (χ0) is 13.0. The molecule has 1 aliphatic rings. The first kappa shape index (κ1) is 16.0. The Morgan fingerprint density at radius 3 is 2.68 bits per heavy atom. The highest BCUT2D eigenvalue weighted by Gasteiger charge is 2.17. The minimum atomic E-state index is 0. The molecule has 0 saturated carbocycles. The second-order valence-corrected chi connectivity index (χ2v) is 4.75. The van der Waals surface area contributed by atoms with Gasteiger partial charge in [0.15, 0.2) is 0 Å². The Morgan fingerprint density at radius 2 is 2.11 bits per heavy atom. The first-order valence-corrected chi connectivity index (χ1v) is 6.34. The molecule has 1 aliphatic heterocycles. The summed E-state index contributed by atoms with van der Waals surface area (Å²) in [5.74, 6) is 0.0374. The fraction of sp³-hybridized carbons (Fsp3) is 0.500. The van der Waals surface area contributed by atoms with Gasteiger partial charge >= 0.3 is 0 Å². The van der Waals surface area contributed by atoms with E-state index in [-0.39, 0.29) is 24.4 Å². The number of amides is 1. The van der Waals surface area contributed by atoms with Crippen LogP contribution in [0.25, 0.3) is 0 Å². The average Bonchev–Trinajstić information content (AvgIpc) is 2.35. The van der Waals surface area contributed by atoms with Crippen LogP contribution in [0.15, 0.2) is 18.2 Å². The highest BCUT2D eigenvalue weighted by Crippen LogP contribution is 2.19. The number of halogens is 1. The van der Waals surface area contributed by atoms with Crippen molar-refractivity contribution >= 4 is 24.0 Å². The lowest BCUT2D eigenvalue weighted by Gasteiger charge is -2.23. The third-order valence-corrected chi connectivity index (χ3v) is 3.18. The van der Waals surface area contributed by atoms with E-state index >= 15 is 0 Å². The molecule has 1 atom stereocenters. The number of carbonyl (C=O) groups is 1. The molecule has 1 heterocycles. The number of para-hydroxylation sites is 1. The molecule has 4 nitrogen and oxygen atoms in total. The van der Waals surface area contributed by atoms with Crippen LogP contribution in [0.3, 0.4) is 0 Å². The minimum Gasteiger partial charge on any atom is -0.378 e. The number of carbonyl (C=O) groups excluding carboxylic acids is 1. The van der Waals surface area contributed by atoms with Crippen LogP contribution in [0.1, 0.15) is 17.5 Å². The molecule has 5 heteroatoms. The minimum absolute atomic E-state index is 0. The molecule has 0 radical (unpaired) electrons. The predicted molar refractivity (Wildman–Crippen MR) is 79.0 cm³/mol. The number of anilines is 1. The predicted octanol–water partition coefficient (Wildman–Crippen LogP) is 2.04. The molecule has 0 bridgehead atoms. The van der Waals surface area contributed by atoms with Crippen LogP contribution in [0.4, 0.5) is 5.69 Å². The number of rotatable bonds is 3. The summed E-state index contributed by atoms with van der Waals surface area (Å²) in [6.07, 6.45) is 0.452. The number of aryl methyl sites for hydroxylation is 2. The fourth-order valence-corrected chi connectivity index (χ4v) is 2.18. The van der Waals surface area contributed by atoms with Crippen LogP contribution in [-0.2, 0) is 9.53 Å². The molecule has 1 aromatic carbocycles. The average molecular weight is 285 g/mol. The number of benzene rings is 1. The van der Waals surface area contributed by atoms with Gasteiger partial charge in [0.25, 0.3) is 0 Å². The Morgan fingerprint density at radius 1 is 1.42 bits per heavy atom. The molecule has 1 amide bonds. The van der Waals surface area contributed by atoms with E-state index in [1.165, 1.54) is 0 Å². The van der Waals surface area contributed by atoms with Crippen molar-refractivity contribution in [2.75, 3.05) is 25.1 Å². The van der Waals surface area contributed by atoms with Crippen LogP contribution < -0.4 is 10.6 Å². The monoisotopic (exact) mass is 284 g/mol. The third kappa shape index (κ3) is 4.49. The van der Waals surface area contributed by atoms with Gasteiger partial charge in [-0.15, -0.1) is 12.4 Å². The molecule has 2 rings (SSSR count). The van der Waals surface area contributed by atoms with Crippen molar-refractivity contribution in [3.8, 4) is 0 Å². The van der Waals surface area contributed by atoms with Gasteiger partial charge < -0.3 is 15.4 Å². The Bertz CT molecular complexity index is 411. The lowest BCUT2D eigenvalue weighted by molar-refractivity contribution is -0.117. The lowest BCUT2D eigenvalue weighted by Crippen LogP contribution is -2.43. The summed E-state index contributed by atoms with van der Waals surface area (Å²) in [4.78, 5) is 12.0. The Kier molecular flexibility index (Phi) is 6.28. The van der Waals surface area contributed by atoms with Crippen molar-refractivity contribution in [1.82, 2.24) is 5.32 Å². The molecule has 19 heavy (non-hydrogen) atoms. The maximum absolute atomic E-state index is 12.0. The van der Waals surface area contributed by atoms with E-state index in [4.69, 9.17) is 4.74 Å². The van der Waals surface area contributed by atoms with Gasteiger partial charge in [0.2, 0.25) is 5.91 Å². The summed E-state index contributed by atoms with van der Waals surface area (Å²) in [5.41, 5.74) is 3.12. The normalized spacial score (nSPS) is 18.5. The molecular formula is C14H21ClN2O2. The molecule has 1 fully saturated rings. The second kappa shape index (κ2) is 7.48. The van der Waals surface area contributed by atoms with Crippen LogP contribution in [0, 0.1) is 13.8 Å². The fourth-order valence-electron chi connectivity index (χ4n) is 2.18. The van der Waals surface area contributed by atoms with Crippen LogP contribution in [-0.4, -0.2) is 31.7 Å². The molecule has 0 aromatic heterocycles. The summed E-state index contributed by atoms with van der Waals surface area (Å²) >= 11 is 0. The molecule has 2 N–H and O–H groups in total. The number of hydrogen-bond donors (Lipinski definition) is 2. The standard InChI is InChI=1S/C14H20N2O2.ClH/c1-10-4-3-5-11(2)14(10)16-13(17)8-12-9-18-7-6-15-12;/h3-5,12,15H,6-9H2,1-2H3,(H,16,17);1H. The highest BCUT2D eigenvalue weighted by molar-refractivity contribution is 5.92. The number of nitrogens with one attached hydrogen (secondary N) is 2. The van der Waals surface area contributed by atoms with Crippen molar-refractivity contribution in [3.63, 3.8) is 0 Å².